The summed E-state index contributed by atoms with van der Waals surface area (Å²) in [5.74, 6) is 3.50. The van der Waals surface area contributed by atoms with E-state index in [1.54, 1.807) is 0 Å². The van der Waals surface area contributed by atoms with Crippen molar-refractivity contribution in [3.8, 4) is 11.5 Å². The summed E-state index contributed by atoms with van der Waals surface area (Å²) in [6.45, 7) is 6.05. The maximum absolute atomic E-state index is 5.43. The number of hydrogen-bond acceptors (Lipinski definition) is 3. The van der Waals surface area contributed by atoms with E-state index in [1.807, 2.05) is 6.07 Å². The van der Waals surface area contributed by atoms with Gasteiger partial charge in [0, 0.05) is 6.04 Å². The molecule has 3 heteroatoms. The summed E-state index contributed by atoms with van der Waals surface area (Å²) in [5, 5.41) is 3.66. The first-order chi connectivity index (χ1) is 9.22. The Labute approximate surface area is 115 Å². The molecule has 0 amide bonds. The van der Waals surface area contributed by atoms with E-state index in [2.05, 4.69) is 31.3 Å². The Bertz CT molecular complexity index is 446. The molecule has 3 nitrogen and oxygen atoms in total. The zero-order chi connectivity index (χ0) is 13.2. The van der Waals surface area contributed by atoms with Crippen molar-refractivity contribution in [1.29, 1.82) is 0 Å². The molecule has 1 aromatic rings. The number of ether oxygens (including phenoxy) is 2. The highest BCUT2D eigenvalue weighted by molar-refractivity contribution is 5.45. The van der Waals surface area contributed by atoms with Gasteiger partial charge in [-0.05, 0) is 55.8 Å². The minimum Gasteiger partial charge on any atom is -0.454 e. The zero-order valence-electron chi connectivity index (χ0n) is 11.8. The van der Waals surface area contributed by atoms with Crippen molar-refractivity contribution in [1.82, 2.24) is 5.32 Å². The van der Waals surface area contributed by atoms with Gasteiger partial charge in [0.15, 0.2) is 11.5 Å². The van der Waals surface area contributed by atoms with Gasteiger partial charge < -0.3 is 14.8 Å². The maximum atomic E-state index is 5.43. The van der Waals surface area contributed by atoms with Crippen LogP contribution in [-0.2, 0) is 0 Å². The van der Waals surface area contributed by atoms with Gasteiger partial charge in [0.25, 0.3) is 0 Å². The van der Waals surface area contributed by atoms with Gasteiger partial charge in [-0.3, -0.25) is 0 Å². The van der Waals surface area contributed by atoms with Crippen molar-refractivity contribution >= 4 is 0 Å². The molecule has 104 valence electrons. The van der Waals surface area contributed by atoms with Crippen LogP contribution < -0.4 is 14.8 Å². The lowest BCUT2D eigenvalue weighted by Crippen LogP contribution is -2.24. The van der Waals surface area contributed by atoms with Crippen molar-refractivity contribution in [3.63, 3.8) is 0 Å². The van der Waals surface area contributed by atoms with Crippen LogP contribution in [0.25, 0.3) is 0 Å². The zero-order valence-corrected chi connectivity index (χ0v) is 11.8. The molecule has 19 heavy (non-hydrogen) atoms. The van der Waals surface area contributed by atoms with Gasteiger partial charge in [0.1, 0.15) is 0 Å². The van der Waals surface area contributed by atoms with Gasteiger partial charge in [-0.25, -0.2) is 0 Å². The van der Waals surface area contributed by atoms with Crippen LogP contribution in [0, 0.1) is 11.8 Å². The summed E-state index contributed by atoms with van der Waals surface area (Å²) in [5.41, 5.74) is 1.27. The normalized spacial score (nSPS) is 26.6. The Morgan fingerprint density at radius 3 is 2.89 bits per heavy atom. The smallest absolute Gasteiger partial charge is 0.231 e. The minimum absolute atomic E-state index is 0.348. The van der Waals surface area contributed by atoms with E-state index < -0.39 is 0 Å². The van der Waals surface area contributed by atoms with Crippen LogP contribution in [0.4, 0.5) is 0 Å². The van der Waals surface area contributed by atoms with Gasteiger partial charge in [0.05, 0.1) is 0 Å². The highest BCUT2D eigenvalue weighted by Gasteiger charge is 2.22. The largest absolute Gasteiger partial charge is 0.454 e. The first-order valence-corrected chi connectivity index (χ1v) is 7.35. The lowest BCUT2D eigenvalue weighted by molar-refractivity contribution is 0.174. The molecule has 1 aliphatic carbocycles. The van der Waals surface area contributed by atoms with Crippen molar-refractivity contribution in [2.45, 2.75) is 39.2 Å². The van der Waals surface area contributed by atoms with Crippen LogP contribution in [0.15, 0.2) is 18.2 Å². The van der Waals surface area contributed by atoms with E-state index in [-0.39, 0.29) is 0 Å². The molecule has 1 heterocycles. The molecule has 0 spiro atoms. The van der Waals surface area contributed by atoms with Crippen molar-refractivity contribution in [3.05, 3.63) is 23.8 Å². The Hall–Kier alpha value is -1.22. The Kier molecular flexibility index (Phi) is 3.65. The van der Waals surface area contributed by atoms with Crippen molar-refractivity contribution < 1.29 is 9.47 Å². The van der Waals surface area contributed by atoms with Gasteiger partial charge >= 0.3 is 0 Å². The molecular formula is C16H23NO2. The SMILES string of the molecule is CC1CCC(CNC(C)c2ccc3c(c2)OCO3)C1. The van der Waals surface area contributed by atoms with E-state index in [0.29, 0.717) is 12.8 Å². The van der Waals surface area contributed by atoms with Gasteiger partial charge in [0.2, 0.25) is 6.79 Å². The Morgan fingerprint density at radius 1 is 1.26 bits per heavy atom. The highest BCUT2D eigenvalue weighted by atomic mass is 16.7. The van der Waals surface area contributed by atoms with Gasteiger partial charge in [-0.2, -0.15) is 0 Å². The number of rotatable bonds is 4. The predicted molar refractivity (Wildman–Crippen MR) is 75.5 cm³/mol. The van der Waals surface area contributed by atoms with E-state index in [4.69, 9.17) is 9.47 Å². The number of fused-ring (bicyclic) bond motifs is 1. The average molecular weight is 261 g/mol. The molecule has 1 saturated carbocycles. The van der Waals surface area contributed by atoms with Crippen molar-refractivity contribution in [2.24, 2.45) is 11.8 Å². The summed E-state index contributed by atoms with van der Waals surface area (Å²) in [4.78, 5) is 0. The van der Waals surface area contributed by atoms with Gasteiger partial charge in [-0.1, -0.05) is 19.4 Å². The molecule has 3 unspecified atom stereocenters. The standard InChI is InChI=1S/C16H23NO2/c1-11-3-4-13(7-11)9-17-12(2)14-5-6-15-16(8-14)19-10-18-15/h5-6,8,11-13,17H,3-4,7,9-10H2,1-2H3. The molecule has 1 aliphatic heterocycles. The molecule has 3 rings (SSSR count). The second kappa shape index (κ2) is 5.41. The average Bonchev–Trinajstić information content (AvgIpc) is 3.03. The second-order valence-electron chi connectivity index (χ2n) is 6.03. The van der Waals surface area contributed by atoms with Crippen LogP contribution in [0.5, 0.6) is 11.5 Å². The minimum atomic E-state index is 0.348. The third-order valence-electron chi connectivity index (χ3n) is 4.41. The molecule has 1 fully saturated rings. The summed E-state index contributed by atoms with van der Waals surface area (Å²) in [6, 6.07) is 6.60. The molecule has 2 aliphatic rings. The van der Waals surface area contributed by atoms with Gasteiger partial charge in [-0.15, -0.1) is 0 Å². The monoisotopic (exact) mass is 261 g/mol. The summed E-state index contributed by atoms with van der Waals surface area (Å²) < 4.78 is 10.8. The molecule has 0 bridgehead atoms. The van der Waals surface area contributed by atoms with E-state index >= 15 is 0 Å². The fourth-order valence-electron chi connectivity index (χ4n) is 3.15. The van der Waals surface area contributed by atoms with E-state index in [1.165, 1.54) is 24.8 Å². The third-order valence-corrected chi connectivity index (χ3v) is 4.41. The lowest BCUT2D eigenvalue weighted by Gasteiger charge is -2.18. The third kappa shape index (κ3) is 2.86. The molecule has 3 atom stereocenters. The molecular weight excluding hydrogens is 238 g/mol. The lowest BCUT2D eigenvalue weighted by atomic mass is 10.0. The molecule has 1 aromatic carbocycles. The fourth-order valence-corrected chi connectivity index (χ4v) is 3.15. The number of nitrogens with one attached hydrogen (secondary N) is 1. The molecule has 1 N–H and O–H groups in total. The number of hydrogen-bond donors (Lipinski definition) is 1. The topological polar surface area (TPSA) is 30.5 Å². The van der Waals surface area contributed by atoms with Crippen LogP contribution in [-0.4, -0.2) is 13.3 Å². The molecule has 0 radical (unpaired) electrons. The molecule has 0 aromatic heterocycles. The Balaban J connectivity index is 1.56. The predicted octanol–water partition coefficient (Wildman–Crippen LogP) is 3.50. The van der Waals surface area contributed by atoms with Crippen molar-refractivity contribution in [2.75, 3.05) is 13.3 Å². The second-order valence-corrected chi connectivity index (χ2v) is 6.03. The maximum Gasteiger partial charge on any atom is 0.231 e. The fraction of sp³-hybridized carbons (Fsp3) is 0.625. The summed E-state index contributed by atoms with van der Waals surface area (Å²) >= 11 is 0. The Morgan fingerprint density at radius 2 is 2.11 bits per heavy atom. The number of benzene rings is 1. The van der Waals surface area contributed by atoms with E-state index in [0.717, 1.165) is 29.9 Å². The quantitative estimate of drug-likeness (QED) is 0.899. The van der Waals surface area contributed by atoms with Crippen LogP contribution in [0.3, 0.4) is 0 Å². The van der Waals surface area contributed by atoms with Crippen LogP contribution in [0.2, 0.25) is 0 Å². The first-order valence-electron chi connectivity index (χ1n) is 7.35. The van der Waals surface area contributed by atoms with Crippen LogP contribution in [0.1, 0.15) is 44.7 Å². The van der Waals surface area contributed by atoms with Crippen LogP contribution >= 0.6 is 0 Å². The highest BCUT2D eigenvalue weighted by Crippen LogP contribution is 2.34. The summed E-state index contributed by atoms with van der Waals surface area (Å²) in [6.07, 6.45) is 4.15. The first kappa shape index (κ1) is 12.8. The molecule has 0 saturated heterocycles. The summed E-state index contributed by atoms with van der Waals surface area (Å²) in [7, 11) is 0. The van der Waals surface area contributed by atoms with E-state index in [9.17, 15) is 0 Å².